The molecular weight excluding hydrogens is 215 g/mol. The first-order valence-electron chi connectivity index (χ1n) is 4.04. The average Bonchev–Trinajstić information content (AvgIpc) is 2.11. The third-order valence-electron chi connectivity index (χ3n) is 1.18. The second-order valence-electron chi connectivity index (χ2n) is 2.38. The van der Waals surface area contributed by atoms with Gasteiger partial charge in [-0.3, -0.25) is 9.59 Å². The van der Waals surface area contributed by atoms with Crippen LogP contribution in [-0.4, -0.2) is 31.1 Å². The fourth-order valence-electron chi connectivity index (χ4n) is 0.583. The minimum absolute atomic E-state index is 0.186. The summed E-state index contributed by atoms with van der Waals surface area (Å²) in [6.07, 6.45) is -3.83. The summed E-state index contributed by atoms with van der Waals surface area (Å²) in [5, 5.41) is 2.20. The van der Waals surface area contributed by atoms with E-state index in [0.29, 0.717) is 6.08 Å². The van der Waals surface area contributed by atoms with Crippen molar-refractivity contribution in [3.63, 3.8) is 0 Å². The molecule has 0 bridgehead atoms. The molecule has 0 aliphatic heterocycles. The zero-order chi connectivity index (χ0) is 11.9. The average molecular weight is 225 g/mol. The Bertz CT molecular complexity index is 260. The van der Waals surface area contributed by atoms with E-state index in [9.17, 15) is 22.8 Å². The largest absolute Gasteiger partial charge is 0.465 e. The van der Waals surface area contributed by atoms with E-state index in [1.54, 1.807) is 6.92 Å². The van der Waals surface area contributed by atoms with Gasteiger partial charge in [0.15, 0.2) is 0 Å². The molecule has 0 amide bonds. The molecule has 0 fully saturated rings. The summed E-state index contributed by atoms with van der Waals surface area (Å²) in [6.45, 7) is 1.50. The highest BCUT2D eigenvalue weighted by atomic mass is 19.4. The maximum Gasteiger partial charge on any atom is 0.454 e. The first-order valence-corrected chi connectivity index (χ1v) is 4.04. The molecule has 0 aromatic carbocycles. The van der Waals surface area contributed by atoms with Gasteiger partial charge in [-0.05, 0) is 6.92 Å². The highest BCUT2D eigenvalue weighted by Crippen LogP contribution is 2.15. The number of carbonyl (C=O) groups excluding carboxylic acids is 2. The van der Waals surface area contributed by atoms with Crippen molar-refractivity contribution in [2.75, 3.05) is 13.2 Å². The van der Waals surface area contributed by atoms with Gasteiger partial charge in [-0.1, -0.05) is 0 Å². The van der Waals surface area contributed by atoms with Gasteiger partial charge in [-0.15, -0.1) is 0 Å². The predicted molar refractivity (Wildman–Crippen MR) is 44.8 cm³/mol. The van der Waals surface area contributed by atoms with Crippen LogP contribution in [0.25, 0.3) is 0 Å². The highest BCUT2D eigenvalue weighted by molar-refractivity contribution is 5.94. The maximum absolute atomic E-state index is 11.6. The summed E-state index contributed by atoms with van der Waals surface area (Å²) >= 11 is 0. The minimum Gasteiger partial charge on any atom is -0.465 e. The highest BCUT2D eigenvalue weighted by Gasteiger charge is 2.35. The second kappa shape index (κ2) is 6.05. The van der Waals surface area contributed by atoms with Crippen molar-refractivity contribution in [1.29, 1.82) is 0 Å². The molecule has 7 heteroatoms. The fourth-order valence-corrected chi connectivity index (χ4v) is 0.583. The molecule has 4 nitrogen and oxygen atoms in total. The third kappa shape index (κ3) is 6.53. The van der Waals surface area contributed by atoms with Gasteiger partial charge in [-0.2, -0.15) is 13.2 Å². The quantitative estimate of drug-likeness (QED) is 0.555. The second-order valence-corrected chi connectivity index (χ2v) is 2.38. The van der Waals surface area contributed by atoms with E-state index in [1.807, 2.05) is 0 Å². The number of esters is 1. The number of ether oxygens (including phenoxy) is 1. The van der Waals surface area contributed by atoms with Crippen LogP contribution in [-0.2, 0) is 14.3 Å². The van der Waals surface area contributed by atoms with E-state index >= 15 is 0 Å². The summed E-state index contributed by atoms with van der Waals surface area (Å²) < 4.78 is 39.4. The molecule has 0 unspecified atom stereocenters. The number of halogens is 3. The summed E-state index contributed by atoms with van der Waals surface area (Å²) in [5.74, 6) is -2.60. The molecule has 0 rings (SSSR count). The summed E-state index contributed by atoms with van der Waals surface area (Å²) in [4.78, 5) is 20.9. The number of hydrogen-bond donors (Lipinski definition) is 1. The SMILES string of the molecule is CCOC(=O)CN/C=C/C(=O)C(F)(F)F. The van der Waals surface area contributed by atoms with Crippen molar-refractivity contribution >= 4 is 11.8 Å². The lowest BCUT2D eigenvalue weighted by atomic mass is 10.4. The van der Waals surface area contributed by atoms with Crippen LogP contribution < -0.4 is 5.32 Å². The zero-order valence-electron chi connectivity index (χ0n) is 7.93. The normalized spacial score (nSPS) is 11.5. The predicted octanol–water partition coefficient (Wildman–Crippen LogP) is 0.784. The summed E-state index contributed by atoms with van der Waals surface area (Å²) in [7, 11) is 0. The van der Waals surface area contributed by atoms with Gasteiger partial charge in [-0.25, -0.2) is 0 Å². The molecule has 15 heavy (non-hydrogen) atoms. The van der Waals surface area contributed by atoms with Gasteiger partial charge in [0, 0.05) is 12.3 Å². The number of allylic oxidation sites excluding steroid dienone is 1. The van der Waals surface area contributed by atoms with Crippen molar-refractivity contribution in [3.8, 4) is 0 Å². The molecule has 0 aliphatic carbocycles. The Balaban J connectivity index is 3.82. The molecular formula is C8H10F3NO3. The van der Waals surface area contributed by atoms with Crippen LogP contribution in [0.5, 0.6) is 0 Å². The van der Waals surface area contributed by atoms with Crippen molar-refractivity contribution in [1.82, 2.24) is 5.32 Å². The number of carbonyl (C=O) groups is 2. The molecule has 86 valence electrons. The van der Waals surface area contributed by atoms with Gasteiger partial charge in [0.25, 0.3) is 5.78 Å². The molecule has 0 saturated heterocycles. The molecule has 0 atom stereocenters. The first kappa shape index (κ1) is 13.5. The summed E-state index contributed by atoms with van der Waals surface area (Å²) in [6, 6.07) is 0. The standard InChI is InChI=1S/C8H10F3NO3/c1-2-15-7(14)5-12-4-3-6(13)8(9,10)11/h3-4,12H,2,5H2,1H3/b4-3+. The fraction of sp³-hybridized carbons (Fsp3) is 0.500. The van der Waals surface area contributed by atoms with E-state index in [4.69, 9.17) is 0 Å². The monoisotopic (exact) mass is 225 g/mol. The van der Waals surface area contributed by atoms with Crippen molar-refractivity contribution in [2.24, 2.45) is 0 Å². The number of rotatable bonds is 5. The number of alkyl halides is 3. The molecule has 0 spiro atoms. The molecule has 0 aromatic heterocycles. The lowest BCUT2D eigenvalue weighted by Gasteiger charge is -2.01. The van der Waals surface area contributed by atoms with Gasteiger partial charge in [0.1, 0.15) is 6.54 Å². The Hall–Kier alpha value is -1.53. The molecule has 1 N–H and O–H groups in total. The minimum atomic E-state index is -4.89. The van der Waals surface area contributed by atoms with Crippen LogP contribution in [0, 0.1) is 0 Å². The molecule has 0 aliphatic rings. The first-order chi connectivity index (χ1) is 6.88. The van der Waals surface area contributed by atoms with Crippen molar-refractivity contribution < 1.29 is 27.5 Å². The number of ketones is 1. The van der Waals surface area contributed by atoms with Crippen molar-refractivity contribution in [2.45, 2.75) is 13.1 Å². The Morgan fingerprint density at radius 1 is 1.40 bits per heavy atom. The van der Waals surface area contributed by atoms with Gasteiger partial charge in [0.2, 0.25) is 0 Å². The smallest absolute Gasteiger partial charge is 0.454 e. The lowest BCUT2D eigenvalue weighted by Crippen LogP contribution is -2.23. The third-order valence-corrected chi connectivity index (χ3v) is 1.18. The Morgan fingerprint density at radius 2 is 2.00 bits per heavy atom. The molecule has 0 heterocycles. The van der Waals surface area contributed by atoms with Crippen LogP contribution >= 0.6 is 0 Å². The van der Waals surface area contributed by atoms with E-state index in [0.717, 1.165) is 6.20 Å². The lowest BCUT2D eigenvalue weighted by molar-refractivity contribution is -0.165. The van der Waals surface area contributed by atoms with Crippen molar-refractivity contribution in [3.05, 3.63) is 12.3 Å². The van der Waals surface area contributed by atoms with Crippen LogP contribution in [0.1, 0.15) is 6.92 Å². The van der Waals surface area contributed by atoms with E-state index in [2.05, 4.69) is 10.1 Å². The topological polar surface area (TPSA) is 55.4 Å². The van der Waals surface area contributed by atoms with E-state index in [-0.39, 0.29) is 13.2 Å². The molecule has 0 radical (unpaired) electrons. The van der Waals surface area contributed by atoms with Crippen LogP contribution in [0.2, 0.25) is 0 Å². The van der Waals surface area contributed by atoms with Gasteiger partial charge < -0.3 is 10.1 Å². The van der Waals surface area contributed by atoms with Crippen LogP contribution in [0.4, 0.5) is 13.2 Å². The maximum atomic E-state index is 11.6. The molecule has 0 aromatic rings. The summed E-state index contributed by atoms with van der Waals surface area (Å²) in [5.41, 5.74) is 0. The zero-order valence-corrected chi connectivity index (χ0v) is 7.93. The van der Waals surface area contributed by atoms with E-state index in [1.165, 1.54) is 0 Å². The molecule has 0 saturated carbocycles. The van der Waals surface area contributed by atoms with Crippen LogP contribution in [0.15, 0.2) is 12.3 Å². The van der Waals surface area contributed by atoms with E-state index < -0.39 is 17.9 Å². The Morgan fingerprint density at radius 3 is 2.47 bits per heavy atom. The number of nitrogens with one attached hydrogen (secondary N) is 1. The van der Waals surface area contributed by atoms with Gasteiger partial charge >= 0.3 is 12.1 Å². The van der Waals surface area contributed by atoms with Gasteiger partial charge in [0.05, 0.1) is 6.61 Å². The van der Waals surface area contributed by atoms with Crippen LogP contribution in [0.3, 0.4) is 0 Å². The Kier molecular flexibility index (Phi) is 5.43. The Labute approximate surface area is 84.1 Å². The number of hydrogen-bond acceptors (Lipinski definition) is 4.